The predicted octanol–water partition coefficient (Wildman–Crippen LogP) is 1.52. The number of hydrogen-bond acceptors (Lipinski definition) is 2. The van der Waals surface area contributed by atoms with Crippen LogP contribution in [-0.4, -0.2) is 54.0 Å². The lowest BCUT2D eigenvalue weighted by molar-refractivity contribution is 0.217. The summed E-state index contributed by atoms with van der Waals surface area (Å²) in [5, 5.41) is 0. The number of hydrogen-bond donors (Lipinski definition) is 1. The van der Waals surface area contributed by atoms with Crippen LogP contribution < -0.4 is 5.73 Å². The molecule has 0 amide bonds. The summed E-state index contributed by atoms with van der Waals surface area (Å²) in [6.07, 6.45) is 2.71. The maximum atomic E-state index is 5.95. The van der Waals surface area contributed by atoms with E-state index >= 15 is 0 Å². The quantitative estimate of drug-likeness (QED) is 0.542. The van der Waals surface area contributed by atoms with Crippen LogP contribution in [0.2, 0.25) is 0 Å². The molecule has 4 nitrogen and oxygen atoms in total. The number of aliphatic imine (C=N–C) groups is 1. The maximum Gasteiger partial charge on any atom is 0.191 e. The van der Waals surface area contributed by atoms with E-state index in [4.69, 9.17) is 5.73 Å². The standard InChI is InChI=1S/C13H28N4/c1-5-16(6-2)13(14)15-9-10-17(11(3)4)12-7-8-12/h11-12H,5-10H2,1-4H3,(H2,14,15). The molecule has 0 atom stereocenters. The topological polar surface area (TPSA) is 44.9 Å². The van der Waals surface area contributed by atoms with Gasteiger partial charge >= 0.3 is 0 Å². The van der Waals surface area contributed by atoms with Crippen molar-refractivity contribution in [2.24, 2.45) is 10.7 Å². The largest absolute Gasteiger partial charge is 0.370 e. The van der Waals surface area contributed by atoms with Crippen LogP contribution in [-0.2, 0) is 0 Å². The van der Waals surface area contributed by atoms with E-state index in [9.17, 15) is 0 Å². The first-order chi connectivity index (χ1) is 8.10. The molecule has 0 aromatic rings. The first kappa shape index (κ1) is 14.3. The number of nitrogens with zero attached hydrogens (tertiary/aromatic N) is 3. The highest BCUT2D eigenvalue weighted by molar-refractivity contribution is 5.77. The molecule has 1 saturated carbocycles. The van der Waals surface area contributed by atoms with Gasteiger partial charge in [0, 0.05) is 31.7 Å². The van der Waals surface area contributed by atoms with Gasteiger partial charge in [-0.05, 0) is 40.5 Å². The SMILES string of the molecule is CCN(CC)C(N)=NCCN(C(C)C)C1CC1. The Morgan fingerprint density at radius 3 is 2.29 bits per heavy atom. The smallest absolute Gasteiger partial charge is 0.191 e. The van der Waals surface area contributed by atoms with Crippen molar-refractivity contribution >= 4 is 5.96 Å². The van der Waals surface area contributed by atoms with Gasteiger partial charge in [-0.15, -0.1) is 0 Å². The average Bonchev–Trinajstić information content (AvgIpc) is 3.09. The predicted molar refractivity (Wildman–Crippen MR) is 74.3 cm³/mol. The lowest BCUT2D eigenvalue weighted by atomic mass is 10.3. The van der Waals surface area contributed by atoms with Crippen LogP contribution in [0.15, 0.2) is 4.99 Å². The number of guanidine groups is 1. The van der Waals surface area contributed by atoms with E-state index in [1.165, 1.54) is 12.8 Å². The molecule has 0 aromatic carbocycles. The fourth-order valence-electron chi connectivity index (χ4n) is 2.20. The van der Waals surface area contributed by atoms with E-state index in [2.05, 4.69) is 42.5 Å². The van der Waals surface area contributed by atoms with Gasteiger partial charge in [-0.3, -0.25) is 9.89 Å². The highest BCUT2D eigenvalue weighted by Gasteiger charge is 2.29. The van der Waals surface area contributed by atoms with E-state index in [0.717, 1.165) is 32.2 Å². The summed E-state index contributed by atoms with van der Waals surface area (Å²) in [5.74, 6) is 0.689. The van der Waals surface area contributed by atoms with Gasteiger partial charge in [0.25, 0.3) is 0 Å². The molecule has 0 aliphatic heterocycles. The van der Waals surface area contributed by atoms with Crippen LogP contribution >= 0.6 is 0 Å². The number of rotatable bonds is 7. The molecule has 0 unspecified atom stereocenters. The highest BCUT2D eigenvalue weighted by Crippen LogP contribution is 2.28. The third-order valence-corrected chi connectivity index (χ3v) is 3.40. The monoisotopic (exact) mass is 240 g/mol. The van der Waals surface area contributed by atoms with Gasteiger partial charge in [0.05, 0.1) is 6.54 Å². The minimum Gasteiger partial charge on any atom is -0.370 e. The molecule has 100 valence electrons. The molecule has 1 rings (SSSR count). The molecular formula is C13H28N4. The minimum absolute atomic E-state index is 0.618. The Morgan fingerprint density at radius 1 is 1.29 bits per heavy atom. The summed E-state index contributed by atoms with van der Waals surface area (Å²) in [4.78, 5) is 9.11. The van der Waals surface area contributed by atoms with Crippen molar-refractivity contribution in [2.45, 2.75) is 52.6 Å². The summed E-state index contributed by atoms with van der Waals surface area (Å²) in [6, 6.07) is 1.42. The van der Waals surface area contributed by atoms with E-state index in [1.54, 1.807) is 0 Å². The third kappa shape index (κ3) is 4.54. The fraction of sp³-hybridized carbons (Fsp3) is 0.923. The lowest BCUT2D eigenvalue weighted by Crippen LogP contribution is -2.39. The van der Waals surface area contributed by atoms with E-state index in [0.29, 0.717) is 12.0 Å². The highest BCUT2D eigenvalue weighted by atomic mass is 15.3. The van der Waals surface area contributed by atoms with Crippen molar-refractivity contribution in [2.75, 3.05) is 26.2 Å². The van der Waals surface area contributed by atoms with Gasteiger partial charge in [0.15, 0.2) is 5.96 Å². The third-order valence-electron chi connectivity index (χ3n) is 3.40. The summed E-state index contributed by atoms with van der Waals surface area (Å²) in [5.41, 5.74) is 5.95. The molecule has 0 spiro atoms. The number of nitrogens with two attached hydrogens (primary N) is 1. The van der Waals surface area contributed by atoms with Crippen LogP contribution in [0.5, 0.6) is 0 Å². The Morgan fingerprint density at radius 2 is 1.88 bits per heavy atom. The second-order valence-electron chi connectivity index (χ2n) is 4.97. The van der Waals surface area contributed by atoms with Crippen LogP contribution in [0.1, 0.15) is 40.5 Å². The van der Waals surface area contributed by atoms with Crippen LogP contribution in [0.3, 0.4) is 0 Å². The average molecular weight is 240 g/mol. The molecule has 0 bridgehead atoms. The Balaban J connectivity index is 2.36. The molecule has 1 aliphatic carbocycles. The normalized spacial score (nSPS) is 16.9. The lowest BCUT2D eigenvalue weighted by Gasteiger charge is -2.26. The molecule has 0 heterocycles. The maximum absolute atomic E-state index is 5.95. The molecule has 2 N–H and O–H groups in total. The molecule has 0 saturated heterocycles. The zero-order valence-corrected chi connectivity index (χ0v) is 11.8. The van der Waals surface area contributed by atoms with Gasteiger partial charge in [0.1, 0.15) is 0 Å². The molecule has 0 aromatic heterocycles. The first-order valence-corrected chi connectivity index (χ1v) is 6.90. The van der Waals surface area contributed by atoms with Crippen molar-refractivity contribution in [1.29, 1.82) is 0 Å². The Hall–Kier alpha value is -0.770. The molecule has 1 aliphatic rings. The molecule has 1 fully saturated rings. The van der Waals surface area contributed by atoms with Crippen LogP contribution in [0.4, 0.5) is 0 Å². The summed E-state index contributed by atoms with van der Waals surface area (Å²) < 4.78 is 0. The zero-order valence-electron chi connectivity index (χ0n) is 11.8. The zero-order chi connectivity index (χ0) is 12.8. The van der Waals surface area contributed by atoms with Crippen molar-refractivity contribution in [1.82, 2.24) is 9.80 Å². The molecule has 0 radical (unpaired) electrons. The van der Waals surface area contributed by atoms with Crippen LogP contribution in [0, 0.1) is 0 Å². The van der Waals surface area contributed by atoms with E-state index < -0.39 is 0 Å². The second-order valence-corrected chi connectivity index (χ2v) is 4.97. The van der Waals surface area contributed by atoms with Crippen LogP contribution in [0.25, 0.3) is 0 Å². The van der Waals surface area contributed by atoms with Gasteiger partial charge in [-0.25, -0.2) is 0 Å². The van der Waals surface area contributed by atoms with E-state index in [-0.39, 0.29) is 0 Å². The van der Waals surface area contributed by atoms with Gasteiger partial charge in [-0.1, -0.05) is 0 Å². The Kier molecular flexibility index (Phi) is 5.75. The molecular weight excluding hydrogens is 212 g/mol. The van der Waals surface area contributed by atoms with Crippen molar-refractivity contribution in [3.05, 3.63) is 0 Å². The molecule has 4 heteroatoms. The van der Waals surface area contributed by atoms with Gasteiger partial charge < -0.3 is 10.6 Å². The van der Waals surface area contributed by atoms with Gasteiger partial charge in [0.2, 0.25) is 0 Å². The summed E-state index contributed by atoms with van der Waals surface area (Å²) >= 11 is 0. The first-order valence-electron chi connectivity index (χ1n) is 6.90. The van der Waals surface area contributed by atoms with Gasteiger partial charge in [-0.2, -0.15) is 0 Å². The summed E-state index contributed by atoms with van der Waals surface area (Å²) in [7, 11) is 0. The minimum atomic E-state index is 0.618. The van der Waals surface area contributed by atoms with E-state index in [1.807, 2.05) is 0 Å². The Labute approximate surface area is 106 Å². The summed E-state index contributed by atoms with van der Waals surface area (Å²) in [6.45, 7) is 12.4. The molecule has 17 heavy (non-hydrogen) atoms. The van der Waals surface area contributed by atoms with Crippen molar-refractivity contribution in [3.63, 3.8) is 0 Å². The second kappa shape index (κ2) is 6.84. The van der Waals surface area contributed by atoms with Crippen molar-refractivity contribution < 1.29 is 0 Å². The Bertz CT molecular complexity index is 240. The fourth-order valence-corrected chi connectivity index (χ4v) is 2.20. The van der Waals surface area contributed by atoms with Crippen molar-refractivity contribution in [3.8, 4) is 0 Å².